The molecule has 0 bridgehead atoms. The smallest absolute Gasteiger partial charge is 0.336 e. The summed E-state index contributed by atoms with van der Waals surface area (Å²) in [5.41, 5.74) is 0. The second kappa shape index (κ2) is 8.12. The maximum absolute atomic E-state index is 11.4. The van der Waals surface area contributed by atoms with Gasteiger partial charge in [0, 0.05) is 6.08 Å². The van der Waals surface area contributed by atoms with E-state index < -0.39 is 5.97 Å². The van der Waals surface area contributed by atoms with Gasteiger partial charge in [-0.15, -0.1) is 0 Å². The average Bonchev–Trinajstić information content (AvgIpc) is 2.38. The van der Waals surface area contributed by atoms with Gasteiger partial charge in [-0.25, -0.2) is 4.79 Å². The molecule has 0 saturated heterocycles. The van der Waals surface area contributed by atoms with E-state index in [1.54, 1.807) is 36.4 Å². The summed E-state index contributed by atoms with van der Waals surface area (Å²) in [6, 6.07) is 7.00. The van der Waals surface area contributed by atoms with Crippen molar-refractivity contribution in [3.05, 3.63) is 48.6 Å². The summed E-state index contributed by atoms with van der Waals surface area (Å²) >= 11 is 0. The van der Waals surface area contributed by atoms with Gasteiger partial charge in [0.1, 0.15) is 11.5 Å². The SMILES string of the molecule is C/C=C/C=C/C(=O)Oc1ccc(OCCC)cc1. The minimum Gasteiger partial charge on any atom is -0.494 e. The van der Waals surface area contributed by atoms with Crippen LogP contribution in [0.1, 0.15) is 20.3 Å². The van der Waals surface area contributed by atoms with Crippen molar-refractivity contribution in [2.24, 2.45) is 0 Å². The summed E-state index contributed by atoms with van der Waals surface area (Å²) in [5, 5.41) is 0. The third-order valence-corrected chi connectivity index (χ3v) is 2.05. The maximum atomic E-state index is 11.4. The van der Waals surface area contributed by atoms with Crippen LogP contribution in [-0.4, -0.2) is 12.6 Å². The Kier molecular flexibility index (Phi) is 6.33. The van der Waals surface area contributed by atoms with Crippen molar-refractivity contribution in [3.8, 4) is 11.5 Å². The van der Waals surface area contributed by atoms with Crippen LogP contribution in [0.25, 0.3) is 0 Å². The molecule has 96 valence electrons. The fourth-order valence-corrected chi connectivity index (χ4v) is 1.22. The summed E-state index contributed by atoms with van der Waals surface area (Å²) in [7, 11) is 0. The summed E-state index contributed by atoms with van der Waals surface area (Å²) in [5.74, 6) is 0.894. The molecule has 3 nitrogen and oxygen atoms in total. The van der Waals surface area contributed by atoms with Crippen LogP contribution in [0.5, 0.6) is 11.5 Å². The molecule has 0 N–H and O–H groups in total. The highest BCUT2D eigenvalue weighted by Gasteiger charge is 2.00. The van der Waals surface area contributed by atoms with E-state index >= 15 is 0 Å². The molecule has 0 spiro atoms. The van der Waals surface area contributed by atoms with Crippen molar-refractivity contribution in [2.45, 2.75) is 20.3 Å². The second-order valence-electron chi connectivity index (χ2n) is 3.63. The van der Waals surface area contributed by atoms with Gasteiger partial charge in [0.15, 0.2) is 0 Å². The van der Waals surface area contributed by atoms with Gasteiger partial charge in [0.2, 0.25) is 0 Å². The van der Waals surface area contributed by atoms with E-state index in [1.165, 1.54) is 6.08 Å². The molecule has 0 unspecified atom stereocenters. The third-order valence-electron chi connectivity index (χ3n) is 2.05. The molecule has 0 atom stereocenters. The van der Waals surface area contributed by atoms with Crippen molar-refractivity contribution in [3.63, 3.8) is 0 Å². The van der Waals surface area contributed by atoms with Crippen molar-refractivity contribution >= 4 is 5.97 Å². The quantitative estimate of drug-likeness (QED) is 0.333. The van der Waals surface area contributed by atoms with Gasteiger partial charge in [-0.05, 0) is 37.6 Å². The fourth-order valence-electron chi connectivity index (χ4n) is 1.22. The molecule has 1 aromatic carbocycles. The van der Waals surface area contributed by atoms with Crippen LogP contribution in [-0.2, 0) is 4.79 Å². The Morgan fingerprint density at radius 2 is 1.83 bits per heavy atom. The molecule has 0 aromatic heterocycles. The van der Waals surface area contributed by atoms with Crippen LogP contribution in [0.15, 0.2) is 48.6 Å². The van der Waals surface area contributed by atoms with Gasteiger partial charge in [-0.1, -0.05) is 25.2 Å². The van der Waals surface area contributed by atoms with Crippen LogP contribution < -0.4 is 9.47 Å². The van der Waals surface area contributed by atoms with E-state index in [2.05, 4.69) is 0 Å². The minimum absolute atomic E-state index is 0.393. The van der Waals surface area contributed by atoms with Gasteiger partial charge in [-0.3, -0.25) is 0 Å². The molecule has 0 fully saturated rings. The Morgan fingerprint density at radius 3 is 2.44 bits per heavy atom. The van der Waals surface area contributed by atoms with Crippen molar-refractivity contribution in [1.29, 1.82) is 0 Å². The molecule has 0 aliphatic rings. The first kappa shape index (κ1) is 14.0. The van der Waals surface area contributed by atoms with Crippen LogP contribution in [0.4, 0.5) is 0 Å². The Bertz CT molecular complexity index is 416. The number of esters is 1. The van der Waals surface area contributed by atoms with Crippen molar-refractivity contribution < 1.29 is 14.3 Å². The summed E-state index contributed by atoms with van der Waals surface area (Å²) < 4.78 is 10.5. The molecule has 0 aliphatic heterocycles. The summed E-state index contributed by atoms with van der Waals surface area (Å²) in [6.07, 6.45) is 7.58. The molecule has 1 aromatic rings. The van der Waals surface area contributed by atoms with Gasteiger partial charge in [-0.2, -0.15) is 0 Å². The molecule has 18 heavy (non-hydrogen) atoms. The molecular formula is C15H18O3. The maximum Gasteiger partial charge on any atom is 0.336 e. The first-order valence-electron chi connectivity index (χ1n) is 6.00. The number of ether oxygens (including phenoxy) is 2. The zero-order valence-corrected chi connectivity index (χ0v) is 10.8. The Balaban J connectivity index is 2.50. The standard InChI is InChI=1S/C15H18O3/c1-3-5-6-7-15(16)18-14-10-8-13(9-11-14)17-12-4-2/h3,5-11H,4,12H2,1-2H3/b5-3+,7-6+. The Labute approximate surface area is 108 Å². The largest absolute Gasteiger partial charge is 0.494 e. The number of allylic oxidation sites excluding steroid dienone is 3. The van der Waals surface area contributed by atoms with Gasteiger partial charge in [0.05, 0.1) is 6.61 Å². The van der Waals surface area contributed by atoms with E-state index in [-0.39, 0.29) is 0 Å². The lowest BCUT2D eigenvalue weighted by atomic mass is 10.3. The molecule has 1 rings (SSSR count). The van der Waals surface area contributed by atoms with E-state index in [0.717, 1.165) is 12.2 Å². The highest BCUT2D eigenvalue weighted by molar-refractivity contribution is 5.84. The number of benzene rings is 1. The average molecular weight is 246 g/mol. The monoisotopic (exact) mass is 246 g/mol. The molecular weight excluding hydrogens is 228 g/mol. The topological polar surface area (TPSA) is 35.5 Å². The highest BCUT2D eigenvalue weighted by atomic mass is 16.5. The normalized spacial score (nSPS) is 11.0. The Hall–Kier alpha value is -2.03. The molecule has 0 aliphatic carbocycles. The van der Waals surface area contributed by atoms with Gasteiger partial charge < -0.3 is 9.47 Å². The molecule has 3 heteroatoms. The summed E-state index contributed by atoms with van der Waals surface area (Å²) in [6.45, 7) is 4.61. The number of carbonyl (C=O) groups excluding carboxylic acids is 1. The second-order valence-corrected chi connectivity index (χ2v) is 3.63. The van der Waals surface area contributed by atoms with E-state index in [9.17, 15) is 4.79 Å². The zero-order chi connectivity index (χ0) is 13.2. The minimum atomic E-state index is -0.393. The van der Waals surface area contributed by atoms with Crippen LogP contribution in [0, 0.1) is 0 Å². The number of carbonyl (C=O) groups is 1. The lowest BCUT2D eigenvalue weighted by Gasteiger charge is -2.05. The third kappa shape index (κ3) is 5.34. The van der Waals surface area contributed by atoms with Crippen LogP contribution in [0.2, 0.25) is 0 Å². The van der Waals surface area contributed by atoms with E-state index in [1.807, 2.05) is 19.9 Å². The predicted molar refractivity (Wildman–Crippen MR) is 71.8 cm³/mol. The van der Waals surface area contributed by atoms with Crippen molar-refractivity contribution in [2.75, 3.05) is 6.61 Å². The van der Waals surface area contributed by atoms with Crippen molar-refractivity contribution in [1.82, 2.24) is 0 Å². The first-order valence-corrected chi connectivity index (χ1v) is 6.00. The number of rotatable bonds is 6. The van der Waals surface area contributed by atoms with Crippen LogP contribution >= 0.6 is 0 Å². The fraction of sp³-hybridized carbons (Fsp3) is 0.267. The van der Waals surface area contributed by atoms with Gasteiger partial charge >= 0.3 is 5.97 Å². The number of hydrogen-bond donors (Lipinski definition) is 0. The lowest BCUT2D eigenvalue weighted by molar-refractivity contribution is -0.128. The first-order chi connectivity index (χ1) is 8.76. The predicted octanol–water partition coefficient (Wildman–Crippen LogP) is 3.51. The summed E-state index contributed by atoms with van der Waals surface area (Å²) in [4.78, 5) is 11.4. The molecule has 0 saturated carbocycles. The lowest BCUT2D eigenvalue weighted by Crippen LogP contribution is -2.03. The Morgan fingerprint density at radius 1 is 1.17 bits per heavy atom. The molecule has 0 radical (unpaired) electrons. The number of hydrogen-bond acceptors (Lipinski definition) is 3. The zero-order valence-electron chi connectivity index (χ0n) is 10.8. The van der Waals surface area contributed by atoms with E-state index in [0.29, 0.717) is 12.4 Å². The van der Waals surface area contributed by atoms with Gasteiger partial charge in [0.25, 0.3) is 0 Å². The molecule has 0 amide bonds. The molecule has 0 heterocycles. The van der Waals surface area contributed by atoms with Crippen LogP contribution in [0.3, 0.4) is 0 Å². The van der Waals surface area contributed by atoms with E-state index in [4.69, 9.17) is 9.47 Å². The highest BCUT2D eigenvalue weighted by Crippen LogP contribution is 2.17.